The minimum atomic E-state index is -1.91. The first-order valence-electron chi connectivity index (χ1n) is 11.1. The van der Waals surface area contributed by atoms with Gasteiger partial charge in [-0.15, -0.1) is 0 Å². The first kappa shape index (κ1) is 22.6. The van der Waals surface area contributed by atoms with Crippen LogP contribution in [0.15, 0.2) is 35.5 Å². The maximum Gasteiger partial charge on any atom is 0.303 e. The van der Waals surface area contributed by atoms with Crippen LogP contribution in [0.25, 0.3) is 0 Å². The maximum atomic E-state index is 17.4. The Morgan fingerprint density at radius 2 is 1.88 bits per heavy atom. The molecule has 172 valence electrons. The second kappa shape index (κ2) is 7.49. The molecular weight excluding hydrogens is 415 g/mol. The molecule has 0 aliphatic heterocycles. The topological polar surface area (TPSA) is 86.7 Å². The van der Waals surface area contributed by atoms with E-state index in [0.717, 1.165) is 5.57 Å². The molecule has 0 amide bonds. The Hall–Kier alpha value is -2.57. The van der Waals surface area contributed by atoms with E-state index in [0.29, 0.717) is 24.8 Å². The Kier molecular flexibility index (Phi) is 5.30. The van der Waals surface area contributed by atoms with E-state index in [1.54, 1.807) is 13.0 Å². The molecule has 2 saturated carbocycles. The lowest BCUT2D eigenvalue weighted by atomic mass is 9.45. The molecular formula is C25H29FO6. The van der Waals surface area contributed by atoms with Gasteiger partial charge in [0.15, 0.2) is 23.8 Å². The summed E-state index contributed by atoms with van der Waals surface area (Å²) in [4.78, 5) is 48.1. The molecule has 0 radical (unpaired) electrons. The fourth-order valence-electron chi connectivity index (χ4n) is 6.75. The highest BCUT2D eigenvalue weighted by atomic mass is 19.1. The number of rotatable bonds is 4. The number of Topliss-reactive ketones (excluding diaryl/α,β-unsaturated/α-hetero) is 1. The van der Waals surface area contributed by atoms with Crippen molar-refractivity contribution < 1.29 is 33.0 Å². The molecule has 32 heavy (non-hydrogen) atoms. The van der Waals surface area contributed by atoms with Crippen molar-refractivity contribution in [3.63, 3.8) is 0 Å². The number of esters is 2. The van der Waals surface area contributed by atoms with Crippen LogP contribution in [0.2, 0.25) is 0 Å². The molecule has 0 N–H and O–H groups in total. The van der Waals surface area contributed by atoms with Crippen LogP contribution < -0.4 is 0 Å². The van der Waals surface area contributed by atoms with Crippen molar-refractivity contribution in [1.29, 1.82) is 0 Å². The molecule has 0 unspecified atom stereocenters. The van der Waals surface area contributed by atoms with Crippen LogP contribution in [0.5, 0.6) is 0 Å². The lowest BCUT2D eigenvalue weighted by molar-refractivity contribution is -0.206. The molecule has 6 nitrogen and oxygen atoms in total. The van der Waals surface area contributed by atoms with Gasteiger partial charge in [0, 0.05) is 36.2 Å². The molecule has 2 fully saturated rings. The van der Waals surface area contributed by atoms with Crippen molar-refractivity contribution in [2.24, 2.45) is 22.7 Å². The maximum absolute atomic E-state index is 17.4. The minimum Gasteiger partial charge on any atom is -0.459 e. The molecule has 4 aliphatic rings. The first-order chi connectivity index (χ1) is 14.9. The Balaban J connectivity index is 1.76. The number of fused-ring (bicyclic) bond motifs is 5. The molecule has 0 bridgehead atoms. The van der Waals surface area contributed by atoms with Gasteiger partial charge >= 0.3 is 11.9 Å². The van der Waals surface area contributed by atoms with Gasteiger partial charge in [-0.2, -0.15) is 0 Å². The highest BCUT2D eigenvalue weighted by molar-refractivity contribution is 6.01. The molecule has 0 spiro atoms. The van der Waals surface area contributed by atoms with E-state index in [4.69, 9.17) is 9.47 Å². The van der Waals surface area contributed by atoms with Crippen molar-refractivity contribution in [3.8, 4) is 0 Å². The summed E-state index contributed by atoms with van der Waals surface area (Å²) >= 11 is 0. The van der Waals surface area contributed by atoms with Crippen molar-refractivity contribution >= 4 is 23.5 Å². The Morgan fingerprint density at radius 3 is 2.53 bits per heavy atom. The summed E-state index contributed by atoms with van der Waals surface area (Å²) in [6.07, 6.45) is 7.03. The zero-order valence-corrected chi connectivity index (χ0v) is 18.9. The summed E-state index contributed by atoms with van der Waals surface area (Å²) in [5.74, 6) is -2.23. The van der Waals surface area contributed by atoms with Gasteiger partial charge in [0.2, 0.25) is 0 Å². The number of ketones is 2. The van der Waals surface area contributed by atoms with E-state index < -0.39 is 40.5 Å². The average molecular weight is 444 g/mol. The van der Waals surface area contributed by atoms with Gasteiger partial charge < -0.3 is 9.47 Å². The Bertz CT molecular complexity index is 992. The van der Waals surface area contributed by atoms with E-state index in [2.05, 4.69) is 0 Å². The minimum absolute atomic E-state index is 0.145. The van der Waals surface area contributed by atoms with Gasteiger partial charge in [0.1, 0.15) is 6.10 Å². The number of alkyl halides is 1. The molecule has 4 aliphatic carbocycles. The molecule has 0 aromatic carbocycles. The third-order valence-electron chi connectivity index (χ3n) is 8.21. The fourth-order valence-corrected chi connectivity index (χ4v) is 6.75. The second-order valence-corrected chi connectivity index (χ2v) is 9.90. The lowest BCUT2D eigenvalue weighted by Crippen LogP contribution is -2.67. The normalized spacial score (nSPS) is 39.8. The summed E-state index contributed by atoms with van der Waals surface area (Å²) in [6, 6.07) is 0. The zero-order valence-electron chi connectivity index (χ0n) is 18.9. The van der Waals surface area contributed by atoms with E-state index in [1.807, 2.05) is 13.0 Å². The van der Waals surface area contributed by atoms with Crippen LogP contribution >= 0.6 is 0 Å². The lowest BCUT2D eigenvalue weighted by Gasteiger charge is -2.62. The number of hydrogen-bond acceptors (Lipinski definition) is 6. The van der Waals surface area contributed by atoms with Gasteiger partial charge in [-0.1, -0.05) is 24.6 Å². The second-order valence-electron chi connectivity index (χ2n) is 9.90. The fraction of sp³-hybridized carbons (Fsp3) is 0.600. The molecule has 4 rings (SSSR count). The van der Waals surface area contributed by atoms with Crippen molar-refractivity contribution in [1.82, 2.24) is 0 Å². The third kappa shape index (κ3) is 3.11. The quantitative estimate of drug-likeness (QED) is 0.616. The van der Waals surface area contributed by atoms with Crippen LogP contribution in [0.4, 0.5) is 4.39 Å². The van der Waals surface area contributed by atoms with E-state index in [9.17, 15) is 19.2 Å². The molecule has 6 atom stereocenters. The predicted molar refractivity (Wildman–Crippen MR) is 113 cm³/mol. The van der Waals surface area contributed by atoms with Gasteiger partial charge in [-0.25, -0.2) is 4.39 Å². The van der Waals surface area contributed by atoms with Gasteiger partial charge in [-0.05, 0) is 50.7 Å². The van der Waals surface area contributed by atoms with Gasteiger partial charge in [-0.3, -0.25) is 19.2 Å². The summed E-state index contributed by atoms with van der Waals surface area (Å²) in [6.45, 7) is 5.84. The largest absolute Gasteiger partial charge is 0.459 e. The average Bonchev–Trinajstić information content (AvgIpc) is 3.04. The number of hydrogen-bond donors (Lipinski definition) is 0. The highest BCUT2D eigenvalue weighted by Crippen LogP contribution is 2.68. The van der Waals surface area contributed by atoms with E-state index in [1.165, 1.54) is 26.0 Å². The van der Waals surface area contributed by atoms with Crippen LogP contribution in [-0.2, 0) is 28.7 Å². The molecule has 0 heterocycles. The van der Waals surface area contributed by atoms with Crippen LogP contribution in [0, 0.1) is 22.7 Å². The number of halogens is 1. The summed E-state index contributed by atoms with van der Waals surface area (Å²) in [7, 11) is 0. The summed E-state index contributed by atoms with van der Waals surface area (Å²) in [5, 5.41) is 0. The number of carbonyl (C=O) groups is 4. The molecule has 0 aromatic heterocycles. The highest BCUT2D eigenvalue weighted by Gasteiger charge is 2.71. The van der Waals surface area contributed by atoms with Crippen LogP contribution in [0.1, 0.15) is 53.4 Å². The van der Waals surface area contributed by atoms with Gasteiger partial charge in [0.25, 0.3) is 0 Å². The Morgan fingerprint density at radius 1 is 1.16 bits per heavy atom. The van der Waals surface area contributed by atoms with Crippen molar-refractivity contribution in [3.05, 3.63) is 35.5 Å². The molecule has 7 heteroatoms. The molecule has 0 aromatic rings. The summed E-state index contributed by atoms with van der Waals surface area (Å²) < 4.78 is 28.0. The van der Waals surface area contributed by atoms with Crippen molar-refractivity contribution in [2.45, 2.75) is 65.2 Å². The number of carbonyl (C=O) groups excluding carboxylic acids is 4. The van der Waals surface area contributed by atoms with Crippen LogP contribution in [-0.4, -0.2) is 41.9 Å². The SMILES string of the molecule is CC(=O)OCC(=O)C1=CC[C@@H]2[C@H]3CCC4=CC(=O)C=C[C@]4(C)[C@@]3(F)[C@H](OC(C)=O)C[C@]12C. The molecule has 0 saturated heterocycles. The van der Waals surface area contributed by atoms with Crippen LogP contribution in [0.3, 0.4) is 0 Å². The van der Waals surface area contributed by atoms with E-state index in [-0.39, 0.29) is 30.5 Å². The smallest absolute Gasteiger partial charge is 0.303 e. The zero-order chi connectivity index (χ0) is 23.5. The standard InChI is InChI=1S/C25H29FO6/c1-14(27)31-13-21(30)20-8-7-18-19-6-5-16-11-17(29)9-10-24(16,4)25(19,26)22(32-15(2)28)12-23(18,20)3/h8-11,18-19,22H,5-7,12-13H2,1-4H3/t18-,19-,22-,23+,24+,25+/m1/s1. The van der Waals surface area contributed by atoms with Crippen molar-refractivity contribution in [2.75, 3.05) is 6.61 Å². The summed E-state index contributed by atoms with van der Waals surface area (Å²) in [5.41, 5.74) is -2.45. The number of ether oxygens (including phenoxy) is 2. The third-order valence-corrected chi connectivity index (χ3v) is 8.21. The Labute approximate surface area is 186 Å². The predicted octanol–water partition coefficient (Wildman–Crippen LogP) is 3.60. The van der Waals surface area contributed by atoms with Gasteiger partial charge in [0.05, 0.1) is 0 Å². The monoisotopic (exact) mass is 444 g/mol. The number of allylic oxidation sites excluding steroid dienone is 5. The first-order valence-corrected chi connectivity index (χ1v) is 11.1. The van der Waals surface area contributed by atoms with E-state index >= 15 is 4.39 Å².